The molecular formula is C16H21IN4. The van der Waals surface area contributed by atoms with Crippen LogP contribution in [0.25, 0.3) is 0 Å². The second kappa shape index (κ2) is 7.59. The van der Waals surface area contributed by atoms with Crippen LogP contribution >= 0.6 is 22.6 Å². The first-order valence-electron chi connectivity index (χ1n) is 7.28. The summed E-state index contributed by atoms with van der Waals surface area (Å²) in [5.74, 6) is 2.68. The lowest BCUT2D eigenvalue weighted by molar-refractivity contribution is 0.833. The molecule has 4 nitrogen and oxygen atoms in total. The number of rotatable bonds is 6. The van der Waals surface area contributed by atoms with Gasteiger partial charge in [-0.25, -0.2) is 9.97 Å². The maximum Gasteiger partial charge on any atom is 0.139 e. The van der Waals surface area contributed by atoms with Crippen molar-refractivity contribution in [2.75, 3.05) is 17.2 Å². The first-order chi connectivity index (χ1) is 10.1. The van der Waals surface area contributed by atoms with E-state index in [0.29, 0.717) is 0 Å². The highest BCUT2D eigenvalue weighted by atomic mass is 127. The standard InChI is InChI=1S/C16H21IN4/c1-4-6-14-20-15(18-5-2)11(3)16(21-14)19-13-9-7-12(17)8-10-13/h7-10H,4-6H2,1-3H3,(H2,18,19,20,21). The Morgan fingerprint density at radius 3 is 2.33 bits per heavy atom. The minimum atomic E-state index is 0.854. The van der Waals surface area contributed by atoms with E-state index in [1.54, 1.807) is 0 Å². The van der Waals surface area contributed by atoms with Crippen LogP contribution in [0.15, 0.2) is 24.3 Å². The Morgan fingerprint density at radius 2 is 1.71 bits per heavy atom. The molecule has 0 amide bonds. The Hall–Kier alpha value is -1.37. The fraction of sp³-hybridized carbons (Fsp3) is 0.375. The molecular weight excluding hydrogens is 375 g/mol. The van der Waals surface area contributed by atoms with Gasteiger partial charge < -0.3 is 10.6 Å². The summed E-state index contributed by atoms with van der Waals surface area (Å²) in [6, 6.07) is 8.29. The smallest absolute Gasteiger partial charge is 0.139 e. The van der Waals surface area contributed by atoms with Crippen LogP contribution in [0.5, 0.6) is 0 Å². The highest BCUT2D eigenvalue weighted by molar-refractivity contribution is 14.1. The Kier molecular flexibility index (Phi) is 5.78. The molecule has 0 saturated carbocycles. The van der Waals surface area contributed by atoms with Crippen molar-refractivity contribution in [1.29, 1.82) is 0 Å². The third-order valence-corrected chi connectivity index (χ3v) is 3.84. The van der Waals surface area contributed by atoms with E-state index in [0.717, 1.165) is 48.1 Å². The van der Waals surface area contributed by atoms with E-state index < -0.39 is 0 Å². The van der Waals surface area contributed by atoms with Crippen LogP contribution in [0.3, 0.4) is 0 Å². The molecule has 0 atom stereocenters. The van der Waals surface area contributed by atoms with Gasteiger partial charge in [0.15, 0.2) is 0 Å². The predicted molar refractivity (Wildman–Crippen MR) is 97.4 cm³/mol. The monoisotopic (exact) mass is 396 g/mol. The van der Waals surface area contributed by atoms with Crippen LogP contribution in [0.2, 0.25) is 0 Å². The van der Waals surface area contributed by atoms with Gasteiger partial charge >= 0.3 is 0 Å². The van der Waals surface area contributed by atoms with Gasteiger partial charge in [-0.05, 0) is 67.1 Å². The van der Waals surface area contributed by atoms with Crippen molar-refractivity contribution in [3.63, 3.8) is 0 Å². The van der Waals surface area contributed by atoms with Crippen LogP contribution in [0, 0.1) is 10.5 Å². The van der Waals surface area contributed by atoms with Gasteiger partial charge in [0, 0.05) is 27.8 Å². The number of nitrogens with zero attached hydrogens (tertiary/aromatic N) is 2. The van der Waals surface area contributed by atoms with Crippen LogP contribution in [-0.2, 0) is 6.42 Å². The fourth-order valence-corrected chi connectivity index (χ4v) is 2.39. The lowest BCUT2D eigenvalue weighted by Gasteiger charge is -2.14. The number of aromatic nitrogens is 2. The summed E-state index contributed by atoms with van der Waals surface area (Å²) in [6.45, 7) is 7.12. The van der Waals surface area contributed by atoms with Crippen molar-refractivity contribution >= 4 is 39.9 Å². The molecule has 0 aliphatic carbocycles. The molecule has 5 heteroatoms. The van der Waals surface area contributed by atoms with E-state index in [9.17, 15) is 0 Å². The quantitative estimate of drug-likeness (QED) is 0.706. The van der Waals surface area contributed by atoms with E-state index in [1.165, 1.54) is 3.57 Å². The summed E-state index contributed by atoms with van der Waals surface area (Å²) < 4.78 is 1.22. The molecule has 2 aromatic rings. The van der Waals surface area contributed by atoms with Gasteiger partial charge in [0.25, 0.3) is 0 Å². The minimum Gasteiger partial charge on any atom is -0.370 e. The van der Waals surface area contributed by atoms with Crippen molar-refractivity contribution < 1.29 is 0 Å². The molecule has 0 aliphatic heterocycles. The van der Waals surface area contributed by atoms with E-state index in [-0.39, 0.29) is 0 Å². The highest BCUT2D eigenvalue weighted by Crippen LogP contribution is 2.24. The van der Waals surface area contributed by atoms with Crippen LogP contribution in [0.1, 0.15) is 31.7 Å². The van der Waals surface area contributed by atoms with Gasteiger partial charge in [0.2, 0.25) is 0 Å². The Labute approximate surface area is 139 Å². The van der Waals surface area contributed by atoms with Crippen molar-refractivity contribution in [1.82, 2.24) is 9.97 Å². The van der Waals surface area contributed by atoms with E-state index in [4.69, 9.17) is 0 Å². The Morgan fingerprint density at radius 1 is 1.05 bits per heavy atom. The molecule has 0 radical (unpaired) electrons. The molecule has 0 saturated heterocycles. The topological polar surface area (TPSA) is 49.8 Å². The number of aryl methyl sites for hydroxylation is 1. The molecule has 0 unspecified atom stereocenters. The number of nitrogens with one attached hydrogen (secondary N) is 2. The summed E-state index contributed by atoms with van der Waals surface area (Å²) in [5.41, 5.74) is 2.09. The number of halogens is 1. The lowest BCUT2D eigenvalue weighted by Crippen LogP contribution is -2.09. The SMILES string of the molecule is CCCc1nc(NCC)c(C)c(Nc2ccc(I)cc2)n1. The molecule has 0 bridgehead atoms. The van der Waals surface area contributed by atoms with Gasteiger partial charge in [0.1, 0.15) is 17.5 Å². The van der Waals surface area contributed by atoms with Gasteiger partial charge in [-0.15, -0.1) is 0 Å². The predicted octanol–water partition coefficient (Wildman–Crippen LogP) is 4.52. The molecule has 2 rings (SSSR count). The van der Waals surface area contributed by atoms with E-state index in [1.807, 2.05) is 6.92 Å². The molecule has 0 aliphatic rings. The van der Waals surface area contributed by atoms with Gasteiger partial charge in [0.05, 0.1) is 0 Å². The molecule has 112 valence electrons. The maximum atomic E-state index is 4.66. The molecule has 0 fully saturated rings. The summed E-state index contributed by atoms with van der Waals surface area (Å²) >= 11 is 2.30. The molecule has 1 aromatic carbocycles. The van der Waals surface area contributed by atoms with Crippen LogP contribution in [0.4, 0.5) is 17.3 Å². The second-order valence-corrected chi connectivity index (χ2v) is 6.12. The van der Waals surface area contributed by atoms with Gasteiger partial charge in [-0.2, -0.15) is 0 Å². The second-order valence-electron chi connectivity index (χ2n) is 4.87. The molecule has 21 heavy (non-hydrogen) atoms. The first-order valence-corrected chi connectivity index (χ1v) is 8.35. The largest absolute Gasteiger partial charge is 0.370 e. The fourth-order valence-electron chi connectivity index (χ4n) is 2.03. The van der Waals surface area contributed by atoms with E-state index in [2.05, 4.69) is 81.3 Å². The average molecular weight is 396 g/mol. The summed E-state index contributed by atoms with van der Waals surface area (Å²) in [6.07, 6.45) is 1.93. The average Bonchev–Trinajstić information content (AvgIpc) is 2.47. The zero-order chi connectivity index (χ0) is 15.2. The summed E-state index contributed by atoms with van der Waals surface area (Å²) in [4.78, 5) is 9.26. The summed E-state index contributed by atoms with van der Waals surface area (Å²) in [5, 5.41) is 6.72. The maximum absolute atomic E-state index is 4.66. The molecule has 0 spiro atoms. The number of benzene rings is 1. The Bertz CT molecular complexity index is 596. The molecule has 2 N–H and O–H groups in total. The number of hydrogen-bond donors (Lipinski definition) is 2. The van der Waals surface area contributed by atoms with Crippen molar-refractivity contribution in [2.24, 2.45) is 0 Å². The number of anilines is 3. The zero-order valence-corrected chi connectivity index (χ0v) is 14.9. The molecule has 1 aromatic heterocycles. The van der Waals surface area contributed by atoms with Crippen molar-refractivity contribution in [3.8, 4) is 0 Å². The summed E-state index contributed by atoms with van der Waals surface area (Å²) in [7, 11) is 0. The zero-order valence-electron chi connectivity index (χ0n) is 12.7. The van der Waals surface area contributed by atoms with Crippen LogP contribution in [-0.4, -0.2) is 16.5 Å². The normalized spacial score (nSPS) is 10.5. The number of hydrogen-bond acceptors (Lipinski definition) is 4. The van der Waals surface area contributed by atoms with E-state index >= 15 is 0 Å². The van der Waals surface area contributed by atoms with Gasteiger partial charge in [-0.3, -0.25) is 0 Å². The lowest BCUT2D eigenvalue weighted by atomic mass is 10.2. The van der Waals surface area contributed by atoms with Crippen molar-refractivity contribution in [3.05, 3.63) is 39.2 Å². The third-order valence-electron chi connectivity index (χ3n) is 3.12. The Balaban J connectivity index is 2.33. The third kappa shape index (κ3) is 4.30. The van der Waals surface area contributed by atoms with Gasteiger partial charge in [-0.1, -0.05) is 6.92 Å². The highest BCUT2D eigenvalue weighted by Gasteiger charge is 2.10. The molecule has 1 heterocycles. The minimum absolute atomic E-state index is 0.854. The van der Waals surface area contributed by atoms with Crippen LogP contribution < -0.4 is 10.6 Å². The first kappa shape index (κ1) is 16.0. The van der Waals surface area contributed by atoms with Crippen molar-refractivity contribution in [2.45, 2.75) is 33.6 Å².